The molecule has 3 nitrogen and oxygen atoms in total. The van der Waals surface area contributed by atoms with Gasteiger partial charge < -0.3 is 4.90 Å². The molecule has 0 aromatic heterocycles. The standard InChI is InChI=1S/C16H30N2OS/c1-5-7-14-17-15(11(3)4)16(19)18(14)12-8-9-13(10-12)20-6-2/h11-15,17H,5-10H2,1-4H3. The summed E-state index contributed by atoms with van der Waals surface area (Å²) in [5.74, 6) is 1.93. The fourth-order valence-corrected chi connectivity index (χ4v) is 4.77. The monoisotopic (exact) mass is 298 g/mol. The van der Waals surface area contributed by atoms with Crippen LogP contribution >= 0.6 is 11.8 Å². The van der Waals surface area contributed by atoms with Gasteiger partial charge in [-0.05, 0) is 37.4 Å². The Morgan fingerprint density at radius 3 is 2.70 bits per heavy atom. The Labute approximate surface area is 128 Å². The summed E-state index contributed by atoms with van der Waals surface area (Å²) in [5, 5.41) is 4.35. The first-order valence-corrected chi connectivity index (χ1v) is 9.33. The molecule has 4 heteroatoms. The minimum Gasteiger partial charge on any atom is -0.323 e. The van der Waals surface area contributed by atoms with Crippen molar-refractivity contribution >= 4 is 17.7 Å². The smallest absolute Gasteiger partial charge is 0.241 e. The highest BCUT2D eigenvalue weighted by molar-refractivity contribution is 7.99. The summed E-state index contributed by atoms with van der Waals surface area (Å²) < 4.78 is 0. The Bertz CT molecular complexity index is 334. The zero-order valence-electron chi connectivity index (χ0n) is 13.4. The lowest BCUT2D eigenvalue weighted by molar-refractivity contribution is -0.132. The van der Waals surface area contributed by atoms with Crippen molar-refractivity contribution in [2.45, 2.75) is 83.3 Å². The summed E-state index contributed by atoms with van der Waals surface area (Å²) >= 11 is 2.07. The largest absolute Gasteiger partial charge is 0.323 e. The molecule has 0 aromatic carbocycles. The van der Waals surface area contributed by atoms with Gasteiger partial charge in [0.05, 0.1) is 12.2 Å². The van der Waals surface area contributed by atoms with Crippen LogP contribution in [0.4, 0.5) is 0 Å². The molecular formula is C16H30N2OS. The fraction of sp³-hybridized carbons (Fsp3) is 0.938. The Balaban J connectivity index is 2.05. The molecule has 1 saturated carbocycles. The maximum atomic E-state index is 12.7. The first-order valence-electron chi connectivity index (χ1n) is 8.28. The maximum absolute atomic E-state index is 12.7. The Hall–Kier alpha value is -0.220. The highest BCUT2D eigenvalue weighted by Gasteiger charge is 2.44. The van der Waals surface area contributed by atoms with Crippen molar-refractivity contribution in [2.24, 2.45) is 5.92 Å². The molecule has 20 heavy (non-hydrogen) atoms. The molecule has 0 bridgehead atoms. The molecule has 116 valence electrons. The van der Waals surface area contributed by atoms with E-state index in [0.717, 1.165) is 18.1 Å². The molecule has 1 saturated heterocycles. The lowest BCUT2D eigenvalue weighted by Gasteiger charge is -2.30. The van der Waals surface area contributed by atoms with Crippen LogP contribution < -0.4 is 5.32 Å². The van der Waals surface area contributed by atoms with E-state index in [1.54, 1.807) is 0 Å². The van der Waals surface area contributed by atoms with Crippen molar-refractivity contribution in [3.8, 4) is 0 Å². The van der Waals surface area contributed by atoms with E-state index in [0.29, 0.717) is 17.9 Å². The van der Waals surface area contributed by atoms with Gasteiger partial charge in [0.15, 0.2) is 0 Å². The van der Waals surface area contributed by atoms with E-state index in [2.05, 4.69) is 49.7 Å². The summed E-state index contributed by atoms with van der Waals surface area (Å²) in [5.41, 5.74) is 0. The number of thioether (sulfide) groups is 1. The third-order valence-electron chi connectivity index (χ3n) is 4.61. The summed E-state index contributed by atoms with van der Waals surface area (Å²) in [4.78, 5) is 15.0. The molecule has 4 unspecified atom stereocenters. The molecule has 1 aliphatic carbocycles. The molecular weight excluding hydrogens is 268 g/mol. The maximum Gasteiger partial charge on any atom is 0.241 e. The fourth-order valence-electron chi connectivity index (χ4n) is 3.64. The molecule has 1 amide bonds. The normalized spacial score (nSPS) is 34.5. The average molecular weight is 298 g/mol. The van der Waals surface area contributed by atoms with E-state index in [4.69, 9.17) is 0 Å². The van der Waals surface area contributed by atoms with Crippen molar-refractivity contribution in [2.75, 3.05) is 5.75 Å². The number of rotatable bonds is 6. The summed E-state index contributed by atoms with van der Waals surface area (Å²) in [7, 11) is 0. The average Bonchev–Trinajstić information content (AvgIpc) is 2.95. The second-order valence-electron chi connectivity index (χ2n) is 6.48. The minimum atomic E-state index is 0.0319. The highest BCUT2D eigenvalue weighted by Crippen LogP contribution is 2.36. The van der Waals surface area contributed by atoms with Crippen molar-refractivity contribution in [1.29, 1.82) is 0 Å². The van der Waals surface area contributed by atoms with Gasteiger partial charge in [-0.2, -0.15) is 11.8 Å². The van der Waals surface area contributed by atoms with Crippen molar-refractivity contribution in [3.63, 3.8) is 0 Å². The molecule has 2 fully saturated rings. The second-order valence-corrected chi connectivity index (χ2v) is 8.06. The number of carbonyl (C=O) groups is 1. The van der Waals surface area contributed by atoms with Gasteiger partial charge in [0.2, 0.25) is 5.91 Å². The number of carbonyl (C=O) groups excluding carboxylic acids is 1. The summed E-state index contributed by atoms with van der Waals surface area (Å²) in [6.07, 6.45) is 6.14. The summed E-state index contributed by atoms with van der Waals surface area (Å²) in [6, 6.07) is 0.503. The molecule has 4 atom stereocenters. The van der Waals surface area contributed by atoms with Crippen LogP contribution in [0.25, 0.3) is 0 Å². The van der Waals surface area contributed by atoms with Crippen molar-refractivity contribution < 1.29 is 4.79 Å². The zero-order chi connectivity index (χ0) is 14.7. The van der Waals surface area contributed by atoms with E-state index in [9.17, 15) is 4.79 Å². The second kappa shape index (κ2) is 7.17. The number of nitrogens with zero attached hydrogens (tertiary/aromatic N) is 1. The van der Waals surface area contributed by atoms with Gasteiger partial charge in [-0.25, -0.2) is 0 Å². The SMILES string of the molecule is CCCC1NC(C(C)C)C(=O)N1C1CCC(SCC)C1. The van der Waals surface area contributed by atoms with Crippen LogP contribution in [0.5, 0.6) is 0 Å². The van der Waals surface area contributed by atoms with Gasteiger partial charge in [0, 0.05) is 11.3 Å². The highest BCUT2D eigenvalue weighted by atomic mass is 32.2. The van der Waals surface area contributed by atoms with E-state index in [1.807, 2.05) is 0 Å². The third kappa shape index (κ3) is 3.33. The predicted octanol–water partition coefficient (Wildman–Crippen LogP) is 3.24. The van der Waals surface area contributed by atoms with Crippen LogP contribution in [-0.2, 0) is 4.79 Å². The lowest BCUT2D eigenvalue weighted by Crippen LogP contribution is -2.43. The molecule has 2 aliphatic rings. The number of amides is 1. The quantitative estimate of drug-likeness (QED) is 0.817. The Morgan fingerprint density at radius 1 is 1.35 bits per heavy atom. The molecule has 0 aromatic rings. The molecule has 1 aliphatic heterocycles. The van der Waals surface area contributed by atoms with E-state index in [1.165, 1.54) is 25.0 Å². The third-order valence-corrected chi connectivity index (χ3v) is 5.84. The molecule has 1 heterocycles. The molecule has 1 N–H and O–H groups in total. The van der Waals surface area contributed by atoms with Crippen LogP contribution in [0.1, 0.15) is 59.8 Å². The topological polar surface area (TPSA) is 32.3 Å². The van der Waals surface area contributed by atoms with Crippen LogP contribution in [0.15, 0.2) is 0 Å². The van der Waals surface area contributed by atoms with Crippen molar-refractivity contribution in [3.05, 3.63) is 0 Å². The predicted molar refractivity (Wildman–Crippen MR) is 86.9 cm³/mol. The number of nitrogens with one attached hydrogen (secondary N) is 1. The van der Waals surface area contributed by atoms with Gasteiger partial charge in [-0.3, -0.25) is 10.1 Å². The van der Waals surface area contributed by atoms with Gasteiger partial charge >= 0.3 is 0 Å². The number of hydrogen-bond acceptors (Lipinski definition) is 3. The van der Waals surface area contributed by atoms with Crippen LogP contribution in [0.2, 0.25) is 0 Å². The van der Waals surface area contributed by atoms with E-state index in [-0.39, 0.29) is 12.2 Å². The van der Waals surface area contributed by atoms with Crippen LogP contribution in [0, 0.1) is 5.92 Å². The summed E-state index contributed by atoms with van der Waals surface area (Å²) in [6.45, 7) is 8.73. The minimum absolute atomic E-state index is 0.0319. The first-order chi connectivity index (χ1) is 9.58. The Kier molecular flexibility index (Phi) is 5.79. The molecule has 0 radical (unpaired) electrons. The van der Waals surface area contributed by atoms with Gasteiger partial charge in [0.1, 0.15) is 0 Å². The zero-order valence-corrected chi connectivity index (χ0v) is 14.2. The molecule has 0 spiro atoms. The molecule has 2 rings (SSSR count). The van der Waals surface area contributed by atoms with Gasteiger partial charge in [0.25, 0.3) is 0 Å². The van der Waals surface area contributed by atoms with E-state index < -0.39 is 0 Å². The van der Waals surface area contributed by atoms with Gasteiger partial charge in [-0.1, -0.05) is 34.1 Å². The van der Waals surface area contributed by atoms with Crippen molar-refractivity contribution in [1.82, 2.24) is 10.2 Å². The lowest BCUT2D eigenvalue weighted by atomic mass is 10.0. The first kappa shape index (κ1) is 16.2. The number of hydrogen-bond donors (Lipinski definition) is 1. The van der Waals surface area contributed by atoms with Gasteiger partial charge in [-0.15, -0.1) is 0 Å². The Morgan fingerprint density at radius 2 is 2.10 bits per heavy atom. The van der Waals surface area contributed by atoms with E-state index >= 15 is 0 Å². The van der Waals surface area contributed by atoms with Crippen LogP contribution in [-0.4, -0.2) is 40.1 Å². The van der Waals surface area contributed by atoms with Crippen LogP contribution in [0.3, 0.4) is 0 Å².